The quantitative estimate of drug-likeness (QED) is 0.336. The van der Waals surface area contributed by atoms with Crippen molar-refractivity contribution in [2.24, 2.45) is 0 Å². The minimum Gasteiger partial charge on any atom is -0.466 e. The van der Waals surface area contributed by atoms with Crippen molar-refractivity contribution in [2.45, 2.75) is 77.7 Å². The van der Waals surface area contributed by atoms with E-state index in [0.29, 0.717) is 31.0 Å². The van der Waals surface area contributed by atoms with Crippen LogP contribution in [0.15, 0.2) is 24.3 Å². The van der Waals surface area contributed by atoms with Crippen LogP contribution in [0.25, 0.3) is 6.08 Å². The third kappa shape index (κ3) is 12.1. The summed E-state index contributed by atoms with van der Waals surface area (Å²) in [4.78, 5) is 27.8. The average molecular weight is 405 g/mol. The topological polar surface area (TPSA) is 88.5 Å². The molecule has 1 heterocycles. The maximum absolute atomic E-state index is 12.2. The van der Waals surface area contributed by atoms with E-state index in [9.17, 15) is 14.7 Å². The normalized spacial score (nSPS) is 12.1. The van der Waals surface area contributed by atoms with E-state index in [0.717, 1.165) is 19.3 Å². The van der Waals surface area contributed by atoms with Gasteiger partial charge in [-0.25, -0.2) is 4.98 Å². The second kappa shape index (κ2) is 15.7. The summed E-state index contributed by atoms with van der Waals surface area (Å²) in [7, 11) is 0. The molecule has 0 aliphatic carbocycles. The van der Waals surface area contributed by atoms with Crippen LogP contribution in [0, 0.1) is 0 Å². The lowest BCUT2D eigenvalue weighted by Crippen LogP contribution is -2.26. The van der Waals surface area contributed by atoms with Gasteiger partial charge in [-0.15, -0.1) is 0 Å². The molecule has 1 atom stereocenters. The van der Waals surface area contributed by atoms with Crippen LogP contribution < -0.4 is 5.32 Å². The van der Waals surface area contributed by atoms with Gasteiger partial charge in [0, 0.05) is 13.0 Å². The summed E-state index contributed by atoms with van der Waals surface area (Å²) in [5, 5.41) is 12.8. The Labute approximate surface area is 174 Å². The van der Waals surface area contributed by atoms with Crippen molar-refractivity contribution in [1.82, 2.24) is 10.3 Å². The van der Waals surface area contributed by atoms with Crippen LogP contribution in [0.5, 0.6) is 0 Å². The van der Waals surface area contributed by atoms with Gasteiger partial charge in [-0.05, 0) is 38.0 Å². The lowest BCUT2D eigenvalue weighted by atomic mass is 10.1. The zero-order valence-corrected chi connectivity index (χ0v) is 17.9. The number of nitrogens with one attached hydrogen (secondary N) is 1. The zero-order valence-electron chi connectivity index (χ0n) is 17.9. The van der Waals surface area contributed by atoms with Crippen LogP contribution in [-0.4, -0.2) is 41.2 Å². The van der Waals surface area contributed by atoms with Crippen molar-refractivity contribution < 1.29 is 19.4 Å². The average Bonchev–Trinajstić information content (AvgIpc) is 2.72. The molecule has 0 spiro atoms. The Bertz CT molecular complexity index is 631. The number of amides is 1. The van der Waals surface area contributed by atoms with Gasteiger partial charge in [0.2, 0.25) is 0 Å². The SMILES string of the molecule is CCCCCCCC[C@H](O)/C=C/c1cccc(C(=O)NCCCC(=O)OCC)n1. The molecule has 0 fully saturated rings. The van der Waals surface area contributed by atoms with E-state index in [1.807, 2.05) is 0 Å². The number of carbonyl (C=O) groups excluding carboxylic acids is 2. The molecule has 6 nitrogen and oxygen atoms in total. The molecule has 1 aromatic rings. The molecule has 0 aliphatic heterocycles. The van der Waals surface area contributed by atoms with Crippen LogP contribution in [0.1, 0.15) is 87.8 Å². The van der Waals surface area contributed by atoms with Gasteiger partial charge in [-0.1, -0.05) is 57.6 Å². The molecule has 0 saturated heterocycles. The van der Waals surface area contributed by atoms with Gasteiger partial charge in [0.1, 0.15) is 5.69 Å². The van der Waals surface area contributed by atoms with Crippen molar-refractivity contribution in [3.05, 3.63) is 35.7 Å². The monoisotopic (exact) mass is 404 g/mol. The smallest absolute Gasteiger partial charge is 0.305 e. The first-order valence-electron chi connectivity index (χ1n) is 10.8. The van der Waals surface area contributed by atoms with E-state index in [-0.39, 0.29) is 18.3 Å². The third-order valence-corrected chi connectivity index (χ3v) is 4.49. The highest BCUT2D eigenvalue weighted by Crippen LogP contribution is 2.10. The number of unbranched alkanes of at least 4 members (excludes halogenated alkanes) is 5. The summed E-state index contributed by atoms with van der Waals surface area (Å²) in [5.74, 6) is -0.539. The minimum atomic E-state index is -0.497. The molecule has 0 bridgehead atoms. The molecular weight excluding hydrogens is 368 g/mol. The Morgan fingerprint density at radius 1 is 1.14 bits per heavy atom. The largest absolute Gasteiger partial charge is 0.466 e. The maximum atomic E-state index is 12.2. The molecule has 1 rings (SSSR count). The van der Waals surface area contributed by atoms with E-state index in [1.54, 1.807) is 37.3 Å². The van der Waals surface area contributed by atoms with Crippen LogP contribution in [0.4, 0.5) is 0 Å². The third-order valence-electron chi connectivity index (χ3n) is 4.49. The van der Waals surface area contributed by atoms with Crippen LogP contribution in [-0.2, 0) is 9.53 Å². The first kappa shape index (κ1) is 24.8. The van der Waals surface area contributed by atoms with E-state index >= 15 is 0 Å². The number of carbonyl (C=O) groups is 2. The number of ether oxygens (including phenoxy) is 1. The van der Waals surface area contributed by atoms with Crippen molar-refractivity contribution in [2.75, 3.05) is 13.2 Å². The van der Waals surface area contributed by atoms with Crippen molar-refractivity contribution >= 4 is 18.0 Å². The number of pyridine rings is 1. The fourth-order valence-electron chi connectivity index (χ4n) is 2.87. The summed E-state index contributed by atoms with van der Waals surface area (Å²) in [6, 6.07) is 5.20. The van der Waals surface area contributed by atoms with Gasteiger partial charge in [0.15, 0.2) is 0 Å². The van der Waals surface area contributed by atoms with Crippen molar-refractivity contribution in [3.63, 3.8) is 0 Å². The van der Waals surface area contributed by atoms with Gasteiger partial charge in [-0.2, -0.15) is 0 Å². The van der Waals surface area contributed by atoms with Crippen LogP contribution >= 0.6 is 0 Å². The van der Waals surface area contributed by atoms with E-state index in [4.69, 9.17) is 4.74 Å². The van der Waals surface area contributed by atoms with E-state index in [1.165, 1.54) is 25.7 Å². The Morgan fingerprint density at radius 3 is 2.66 bits per heavy atom. The molecular formula is C23H36N2O4. The molecule has 1 aromatic heterocycles. The van der Waals surface area contributed by atoms with E-state index in [2.05, 4.69) is 17.2 Å². The molecule has 0 radical (unpaired) electrons. The fraction of sp³-hybridized carbons (Fsp3) is 0.609. The highest BCUT2D eigenvalue weighted by molar-refractivity contribution is 5.92. The summed E-state index contributed by atoms with van der Waals surface area (Å²) in [5.41, 5.74) is 0.944. The van der Waals surface area contributed by atoms with Gasteiger partial charge in [0.05, 0.1) is 18.4 Å². The first-order chi connectivity index (χ1) is 14.1. The number of aliphatic hydroxyl groups excluding tert-OH is 1. The number of hydrogen-bond acceptors (Lipinski definition) is 5. The summed E-state index contributed by atoms with van der Waals surface area (Å²) in [6.45, 7) is 4.72. The van der Waals surface area contributed by atoms with Gasteiger partial charge in [-0.3, -0.25) is 9.59 Å². The maximum Gasteiger partial charge on any atom is 0.305 e. The lowest BCUT2D eigenvalue weighted by molar-refractivity contribution is -0.143. The van der Waals surface area contributed by atoms with Crippen LogP contribution in [0.3, 0.4) is 0 Å². The van der Waals surface area contributed by atoms with E-state index < -0.39 is 6.10 Å². The number of hydrogen-bond donors (Lipinski definition) is 2. The Balaban J connectivity index is 2.36. The number of nitrogens with zero attached hydrogens (tertiary/aromatic N) is 1. The summed E-state index contributed by atoms with van der Waals surface area (Å²) >= 11 is 0. The van der Waals surface area contributed by atoms with Crippen molar-refractivity contribution in [3.8, 4) is 0 Å². The summed E-state index contributed by atoms with van der Waals surface area (Å²) in [6.07, 6.45) is 11.7. The number of aromatic nitrogens is 1. The molecule has 6 heteroatoms. The Kier molecular flexibility index (Phi) is 13.4. The fourth-order valence-corrected chi connectivity index (χ4v) is 2.87. The summed E-state index contributed by atoms with van der Waals surface area (Å²) < 4.78 is 4.85. The highest BCUT2D eigenvalue weighted by Gasteiger charge is 2.08. The zero-order chi connectivity index (χ0) is 21.3. The van der Waals surface area contributed by atoms with Gasteiger partial charge < -0.3 is 15.2 Å². The van der Waals surface area contributed by atoms with Crippen molar-refractivity contribution in [1.29, 1.82) is 0 Å². The number of esters is 1. The Morgan fingerprint density at radius 2 is 1.90 bits per heavy atom. The molecule has 1 amide bonds. The molecule has 0 aromatic carbocycles. The molecule has 0 saturated carbocycles. The predicted molar refractivity (Wildman–Crippen MR) is 115 cm³/mol. The molecule has 29 heavy (non-hydrogen) atoms. The molecule has 162 valence electrons. The second-order valence-corrected chi connectivity index (χ2v) is 7.10. The lowest BCUT2D eigenvalue weighted by Gasteiger charge is -2.06. The van der Waals surface area contributed by atoms with Crippen LogP contribution in [0.2, 0.25) is 0 Å². The molecule has 2 N–H and O–H groups in total. The predicted octanol–water partition coefficient (Wildman–Crippen LogP) is 4.28. The molecule has 0 unspecified atom stereocenters. The first-order valence-corrected chi connectivity index (χ1v) is 10.8. The number of rotatable bonds is 15. The second-order valence-electron chi connectivity index (χ2n) is 7.10. The van der Waals surface area contributed by atoms with Gasteiger partial charge >= 0.3 is 5.97 Å². The Hall–Kier alpha value is -2.21. The molecule has 0 aliphatic rings. The standard InChI is InChI=1S/C23H36N2O4/c1-3-5-6-7-8-9-13-20(26)17-16-19-12-10-14-21(25-19)23(28)24-18-11-15-22(27)29-4-2/h10,12,14,16-17,20,26H,3-9,11,13,15,18H2,1-2H3,(H,24,28)/b17-16+/t20-/m0/s1. The highest BCUT2D eigenvalue weighted by atomic mass is 16.5. The van der Waals surface area contributed by atoms with Gasteiger partial charge in [0.25, 0.3) is 5.91 Å². The number of aliphatic hydroxyl groups is 1. The minimum absolute atomic E-state index is 0.258.